The lowest BCUT2D eigenvalue weighted by Crippen LogP contribution is -2.20. The predicted octanol–water partition coefficient (Wildman–Crippen LogP) is 4.54. The fourth-order valence-corrected chi connectivity index (χ4v) is 4.55. The lowest BCUT2D eigenvalue weighted by Gasteiger charge is -2.06. The molecule has 1 heterocycles. The molecule has 0 radical (unpaired) electrons. The Hall–Kier alpha value is -3.36. The number of rotatable bonds is 6. The minimum Gasteiger partial charge on any atom is -0.380 e. The largest absolute Gasteiger partial charge is 0.380 e. The maximum Gasteiger partial charge on any atom is 0.286 e. The van der Waals surface area contributed by atoms with Gasteiger partial charge >= 0.3 is 0 Å². The highest BCUT2D eigenvalue weighted by Crippen LogP contribution is 2.28. The van der Waals surface area contributed by atoms with Crippen LogP contribution in [0.2, 0.25) is 0 Å². The van der Waals surface area contributed by atoms with Gasteiger partial charge in [-0.25, -0.2) is 0 Å². The molecule has 0 N–H and O–H groups in total. The van der Waals surface area contributed by atoms with E-state index in [9.17, 15) is 14.9 Å². The number of hydrogen-bond donors (Lipinski definition) is 0. The third-order valence-corrected chi connectivity index (χ3v) is 5.89. The predicted molar refractivity (Wildman–Crippen MR) is 117 cm³/mol. The van der Waals surface area contributed by atoms with Crippen LogP contribution in [0.5, 0.6) is 0 Å². The molecule has 0 aliphatic rings. The molecule has 0 atom stereocenters. The van der Waals surface area contributed by atoms with E-state index in [0.29, 0.717) is 24.6 Å². The van der Waals surface area contributed by atoms with Gasteiger partial charge in [-0.1, -0.05) is 53.8 Å². The van der Waals surface area contributed by atoms with Gasteiger partial charge in [-0.05, 0) is 24.4 Å². The second-order valence-electron chi connectivity index (χ2n) is 6.56. The molecule has 0 fully saturated rings. The van der Waals surface area contributed by atoms with Crippen LogP contribution in [0.4, 0.5) is 5.69 Å². The average Bonchev–Trinajstić information content (AvgIpc) is 3.11. The number of carbonyl (C=O) groups excluding carboxylic acids is 1. The van der Waals surface area contributed by atoms with Crippen molar-refractivity contribution in [1.29, 1.82) is 0 Å². The van der Waals surface area contributed by atoms with E-state index in [1.54, 1.807) is 6.07 Å². The van der Waals surface area contributed by atoms with Gasteiger partial charge in [0.15, 0.2) is 4.80 Å². The molecule has 0 saturated carbocycles. The van der Waals surface area contributed by atoms with Gasteiger partial charge in [0.1, 0.15) is 5.56 Å². The molecule has 0 aliphatic carbocycles. The molecule has 4 aromatic rings. The molecule has 4 rings (SSSR count). The van der Waals surface area contributed by atoms with Crippen molar-refractivity contribution in [1.82, 2.24) is 4.57 Å². The van der Waals surface area contributed by atoms with Crippen molar-refractivity contribution >= 4 is 43.9 Å². The quantitative estimate of drug-likeness (QED) is 0.260. The van der Waals surface area contributed by atoms with Gasteiger partial charge in [-0.3, -0.25) is 14.9 Å². The Balaban J connectivity index is 1.90. The summed E-state index contributed by atoms with van der Waals surface area (Å²) in [5.41, 5.74) is 0.673. The van der Waals surface area contributed by atoms with E-state index in [1.807, 2.05) is 47.9 Å². The number of nitrogens with zero attached hydrogens (tertiary/aromatic N) is 3. The number of benzene rings is 3. The smallest absolute Gasteiger partial charge is 0.286 e. The Morgan fingerprint density at radius 2 is 1.90 bits per heavy atom. The number of para-hydroxylation sites is 1. The summed E-state index contributed by atoms with van der Waals surface area (Å²) in [7, 11) is 0. The monoisotopic (exact) mass is 421 g/mol. The summed E-state index contributed by atoms with van der Waals surface area (Å²) in [4.78, 5) is 28.4. The highest BCUT2D eigenvalue weighted by molar-refractivity contribution is 7.17. The first-order valence-corrected chi connectivity index (χ1v) is 10.3. The Labute approximate surface area is 176 Å². The zero-order valence-corrected chi connectivity index (χ0v) is 17.1. The minimum absolute atomic E-state index is 0.0267. The number of nitro groups is 1. The van der Waals surface area contributed by atoms with Crippen LogP contribution in [-0.2, 0) is 11.3 Å². The first-order chi connectivity index (χ1) is 14.6. The number of hydrogen-bond acceptors (Lipinski definition) is 5. The summed E-state index contributed by atoms with van der Waals surface area (Å²) in [6.07, 6.45) is 0. The molecule has 0 spiro atoms. The number of amides is 1. The third kappa shape index (κ3) is 3.74. The molecular formula is C22H19N3O4S. The Morgan fingerprint density at radius 1 is 1.13 bits per heavy atom. The maximum atomic E-state index is 12.9. The van der Waals surface area contributed by atoms with E-state index in [4.69, 9.17) is 4.74 Å². The first kappa shape index (κ1) is 19.9. The fourth-order valence-electron chi connectivity index (χ4n) is 3.36. The topological polar surface area (TPSA) is 86.7 Å². The molecule has 30 heavy (non-hydrogen) atoms. The van der Waals surface area contributed by atoms with E-state index < -0.39 is 10.8 Å². The second-order valence-corrected chi connectivity index (χ2v) is 7.54. The van der Waals surface area contributed by atoms with E-state index in [-0.39, 0.29) is 11.3 Å². The number of aromatic nitrogens is 1. The number of nitro benzene ring substituents is 1. The van der Waals surface area contributed by atoms with E-state index in [2.05, 4.69) is 4.99 Å². The van der Waals surface area contributed by atoms with Crippen LogP contribution in [0, 0.1) is 10.1 Å². The second kappa shape index (κ2) is 8.56. The molecule has 0 aliphatic heterocycles. The van der Waals surface area contributed by atoms with Crippen LogP contribution in [0.25, 0.3) is 21.0 Å². The van der Waals surface area contributed by atoms with Crippen molar-refractivity contribution in [3.8, 4) is 0 Å². The van der Waals surface area contributed by atoms with Crippen LogP contribution in [0.15, 0.2) is 65.7 Å². The number of carbonyl (C=O) groups is 1. The zero-order valence-electron chi connectivity index (χ0n) is 16.3. The minimum atomic E-state index is -0.636. The highest BCUT2D eigenvalue weighted by atomic mass is 32.1. The summed E-state index contributed by atoms with van der Waals surface area (Å²) in [5, 5.41) is 13.5. The van der Waals surface area contributed by atoms with Crippen LogP contribution in [0.3, 0.4) is 0 Å². The molecule has 152 valence electrons. The standard InChI is InChI=1S/C22H19N3O4S/c1-2-29-14-13-24-19-12-11-15-7-3-4-8-16(15)20(19)30-22(24)23-21(26)17-9-5-6-10-18(17)25(27)28/h3-12H,2,13-14H2,1H3. The molecule has 0 saturated heterocycles. The van der Waals surface area contributed by atoms with Gasteiger partial charge in [-0.15, -0.1) is 0 Å². The van der Waals surface area contributed by atoms with Crippen molar-refractivity contribution in [2.45, 2.75) is 13.5 Å². The highest BCUT2D eigenvalue weighted by Gasteiger charge is 2.19. The van der Waals surface area contributed by atoms with Gasteiger partial charge in [0.25, 0.3) is 11.6 Å². The molecule has 1 amide bonds. The number of fused-ring (bicyclic) bond motifs is 3. The molecule has 1 aromatic heterocycles. The number of thiazole rings is 1. The Bertz CT molecular complexity index is 1320. The summed E-state index contributed by atoms with van der Waals surface area (Å²) in [5.74, 6) is -0.636. The van der Waals surface area contributed by atoms with Crippen LogP contribution >= 0.6 is 11.3 Å². The lowest BCUT2D eigenvalue weighted by atomic mass is 10.1. The van der Waals surface area contributed by atoms with E-state index in [0.717, 1.165) is 21.0 Å². The van der Waals surface area contributed by atoms with Crippen molar-refractivity contribution < 1.29 is 14.5 Å². The molecule has 7 nitrogen and oxygen atoms in total. The average molecular weight is 421 g/mol. The van der Waals surface area contributed by atoms with Crippen molar-refractivity contribution in [2.24, 2.45) is 4.99 Å². The fraction of sp³-hybridized carbons (Fsp3) is 0.182. The van der Waals surface area contributed by atoms with Gasteiger partial charge in [0.05, 0.1) is 21.7 Å². The zero-order chi connectivity index (χ0) is 21.1. The normalized spacial score (nSPS) is 12.0. The Kier molecular flexibility index (Phi) is 5.69. The lowest BCUT2D eigenvalue weighted by molar-refractivity contribution is -0.385. The van der Waals surface area contributed by atoms with Crippen molar-refractivity contribution in [3.63, 3.8) is 0 Å². The van der Waals surface area contributed by atoms with Crippen LogP contribution in [-0.4, -0.2) is 28.6 Å². The van der Waals surface area contributed by atoms with Crippen molar-refractivity contribution in [3.05, 3.63) is 81.1 Å². The Morgan fingerprint density at radius 3 is 2.70 bits per heavy atom. The molecular weight excluding hydrogens is 402 g/mol. The van der Waals surface area contributed by atoms with Gasteiger partial charge in [0.2, 0.25) is 0 Å². The third-order valence-electron chi connectivity index (χ3n) is 4.77. The van der Waals surface area contributed by atoms with Gasteiger partial charge in [-0.2, -0.15) is 4.99 Å². The van der Waals surface area contributed by atoms with Crippen LogP contribution in [0.1, 0.15) is 17.3 Å². The maximum absolute atomic E-state index is 12.9. The first-order valence-electron chi connectivity index (χ1n) is 9.51. The molecule has 3 aromatic carbocycles. The summed E-state index contributed by atoms with van der Waals surface area (Å²) in [6, 6.07) is 17.9. The molecule has 0 unspecified atom stereocenters. The van der Waals surface area contributed by atoms with Crippen molar-refractivity contribution in [2.75, 3.05) is 13.2 Å². The summed E-state index contributed by atoms with van der Waals surface area (Å²) >= 11 is 1.40. The summed E-state index contributed by atoms with van der Waals surface area (Å²) < 4.78 is 8.46. The van der Waals surface area contributed by atoms with Gasteiger partial charge in [0, 0.05) is 24.6 Å². The molecule has 0 bridgehead atoms. The van der Waals surface area contributed by atoms with E-state index >= 15 is 0 Å². The van der Waals surface area contributed by atoms with E-state index in [1.165, 1.54) is 29.5 Å². The summed E-state index contributed by atoms with van der Waals surface area (Å²) in [6.45, 7) is 3.51. The van der Waals surface area contributed by atoms with Gasteiger partial charge < -0.3 is 9.30 Å². The molecule has 8 heteroatoms. The SMILES string of the molecule is CCOCCn1c(=NC(=O)c2ccccc2[N+](=O)[O-])sc2c3ccccc3ccc21. The number of ether oxygens (including phenoxy) is 1. The van der Waals surface area contributed by atoms with Crippen LogP contribution < -0.4 is 4.80 Å².